The van der Waals surface area contributed by atoms with Gasteiger partial charge in [0.25, 0.3) is 0 Å². The van der Waals surface area contributed by atoms with Gasteiger partial charge in [0.15, 0.2) is 5.82 Å². The molecule has 2 heterocycles. The van der Waals surface area contributed by atoms with Crippen molar-refractivity contribution in [2.75, 3.05) is 6.54 Å². The number of hydrogen-bond donors (Lipinski definition) is 0. The highest BCUT2D eigenvalue weighted by Crippen LogP contribution is 2.29. The van der Waals surface area contributed by atoms with Gasteiger partial charge in [-0.15, -0.1) is 0 Å². The van der Waals surface area contributed by atoms with Crippen LogP contribution in [0.5, 0.6) is 0 Å². The fourth-order valence-electron chi connectivity index (χ4n) is 3.03. The highest BCUT2D eigenvalue weighted by Gasteiger charge is 2.30. The lowest BCUT2D eigenvalue weighted by molar-refractivity contribution is -0.133. The standard InChI is InChI=1S/C17H20FN3O2/c1-12-19-17(20-23-12)15-9-3-2-6-10-21(15)16(22)11-13-7-4-5-8-14(13)18/h4-5,7-8,15H,2-3,6,9-11H2,1H3/t15-/m0/s1. The number of carbonyl (C=O) groups is 1. The zero-order valence-electron chi connectivity index (χ0n) is 13.2. The van der Waals surface area contributed by atoms with Crippen molar-refractivity contribution in [3.8, 4) is 0 Å². The molecule has 0 N–H and O–H groups in total. The molecule has 6 heteroatoms. The van der Waals surface area contributed by atoms with Gasteiger partial charge in [0, 0.05) is 13.5 Å². The zero-order valence-corrected chi connectivity index (χ0v) is 13.2. The molecule has 122 valence electrons. The van der Waals surface area contributed by atoms with E-state index in [2.05, 4.69) is 10.1 Å². The van der Waals surface area contributed by atoms with Crippen LogP contribution in [0.1, 0.15) is 49.0 Å². The average Bonchev–Trinajstić information content (AvgIpc) is 2.82. The van der Waals surface area contributed by atoms with Gasteiger partial charge in [0.1, 0.15) is 5.82 Å². The molecule has 1 aliphatic rings. The number of likely N-dealkylation sites (tertiary alicyclic amines) is 1. The van der Waals surface area contributed by atoms with Crippen LogP contribution in [-0.2, 0) is 11.2 Å². The molecule has 1 fully saturated rings. The molecular formula is C17H20FN3O2. The minimum Gasteiger partial charge on any atom is -0.340 e. The van der Waals surface area contributed by atoms with Gasteiger partial charge < -0.3 is 9.42 Å². The van der Waals surface area contributed by atoms with Crippen molar-refractivity contribution in [1.82, 2.24) is 15.0 Å². The predicted molar refractivity (Wildman–Crippen MR) is 82.1 cm³/mol. The molecular weight excluding hydrogens is 297 g/mol. The SMILES string of the molecule is Cc1nc([C@@H]2CCCCCN2C(=O)Cc2ccccc2F)no1. The number of aromatic nitrogens is 2. The largest absolute Gasteiger partial charge is 0.340 e. The molecule has 0 unspecified atom stereocenters. The number of hydrogen-bond acceptors (Lipinski definition) is 4. The van der Waals surface area contributed by atoms with E-state index in [0.717, 1.165) is 25.7 Å². The number of benzene rings is 1. The van der Waals surface area contributed by atoms with Crippen LogP contribution in [0.2, 0.25) is 0 Å². The number of carbonyl (C=O) groups excluding carboxylic acids is 1. The second-order valence-corrected chi connectivity index (χ2v) is 5.89. The molecule has 0 aliphatic carbocycles. The third kappa shape index (κ3) is 3.57. The fourth-order valence-corrected chi connectivity index (χ4v) is 3.03. The monoisotopic (exact) mass is 317 g/mol. The van der Waals surface area contributed by atoms with Gasteiger partial charge in [-0.1, -0.05) is 36.2 Å². The van der Waals surface area contributed by atoms with E-state index in [1.165, 1.54) is 6.07 Å². The number of rotatable bonds is 3. The number of aryl methyl sites for hydroxylation is 1. The first-order chi connectivity index (χ1) is 11.1. The lowest BCUT2D eigenvalue weighted by atomic mass is 10.1. The highest BCUT2D eigenvalue weighted by atomic mass is 19.1. The number of halogens is 1. The Morgan fingerprint density at radius 3 is 2.91 bits per heavy atom. The summed E-state index contributed by atoms with van der Waals surface area (Å²) in [6.45, 7) is 2.38. The van der Waals surface area contributed by atoms with Crippen LogP contribution in [0.25, 0.3) is 0 Å². The molecule has 1 amide bonds. The van der Waals surface area contributed by atoms with E-state index < -0.39 is 0 Å². The predicted octanol–water partition coefficient (Wildman–Crippen LogP) is 3.20. The summed E-state index contributed by atoms with van der Waals surface area (Å²) in [6, 6.07) is 6.21. The van der Waals surface area contributed by atoms with E-state index in [4.69, 9.17) is 4.52 Å². The summed E-state index contributed by atoms with van der Waals surface area (Å²) in [5, 5.41) is 3.98. The molecule has 1 atom stereocenters. The topological polar surface area (TPSA) is 59.2 Å². The third-order valence-electron chi connectivity index (χ3n) is 4.21. The van der Waals surface area contributed by atoms with E-state index in [0.29, 0.717) is 23.8 Å². The Morgan fingerprint density at radius 2 is 2.17 bits per heavy atom. The lowest BCUT2D eigenvalue weighted by Gasteiger charge is -2.28. The Labute approximate surface area is 134 Å². The van der Waals surface area contributed by atoms with Crippen molar-refractivity contribution in [2.45, 2.75) is 45.1 Å². The Kier molecular flexibility index (Phi) is 4.69. The van der Waals surface area contributed by atoms with Crippen LogP contribution in [0.15, 0.2) is 28.8 Å². The number of nitrogens with zero attached hydrogens (tertiary/aromatic N) is 3. The van der Waals surface area contributed by atoms with Crippen molar-refractivity contribution in [1.29, 1.82) is 0 Å². The summed E-state index contributed by atoms with van der Waals surface area (Å²) in [5.74, 6) is 0.601. The summed E-state index contributed by atoms with van der Waals surface area (Å²) in [4.78, 5) is 18.8. The second-order valence-electron chi connectivity index (χ2n) is 5.89. The lowest BCUT2D eigenvalue weighted by Crippen LogP contribution is -2.36. The van der Waals surface area contributed by atoms with Crippen LogP contribution in [0, 0.1) is 12.7 Å². The van der Waals surface area contributed by atoms with Gasteiger partial charge in [0.2, 0.25) is 11.8 Å². The van der Waals surface area contributed by atoms with E-state index in [1.54, 1.807) is 30.0 Å². The molecule has 2 aromatic rings. The fraction of sp³-hybridized carbons (Fsp3) is 0.471. The van der Waals surface area contributed by atoms with Gasteiger partial charge in [0.05, 0.1) is 12.5 Å². The smallest absolute Gasteiger partial charge is 0.227 e. The van der Waals surface area contributed by atoms with Gasteiger partial charge in [-0.3, -0.25) is 4.79 Å². The second kappa shape index (κ2) is 6.89. The van der Waals surface area contributed by atoms with Crippen molar-refractivity contribution >= 4 is 5.91 Å². The molecule has 0 bridgehead atoms. The van der Waals surface area contributed by atoms with Gasteiger partial charge in [-0.25, -0.2) is 4.39 Å². The van der Waals surface area contributed by atoms with Crippen LogP contribution in [-0.4, -0.2) is 27.5 Å². The average molecular weight is 317 g/mol. The minimum atomic E-state index is -0.345. The summed E-state index contributed by atoms with van der Waals surface area (Å²) >= 11 is 0. The van der Waals surface area contributed by atoms with Crippen molar-refractivity contribution < 1.29 is 13.7 Å². The maximum Gasteiger partial charge on any atom is 0.227 e. The van der Waals surface area contributed by atoms with Crippen molar-refractivity contribution in [3.63, 3.8) is 0 Å². The molecule has 0 radical (unpaired) electrons. The zero-order chi connectivity index (χ0) is 16.2. The first-order valence-electron chi connectivity index (χ1n) is 7.98. The Balaban J connectivity index is 1.81. The van der Waals surface area contributed by atoms with Crippen molar-refractivity contribution in [2.24, 2.45) is 0 Å². The first-order valence-corrected chi connectivity index (χ1v) is 7.98. The van der Waals surface area contributed by atoms with Crippen LogP contribution in [0.4, 0.5) is 4.39 Å². The van der Waals surface area contributed by atoms with E-state index >= 15 is 0 Å². The molecule has 23 heavy (non-hydrogen) atoms. The molecule has 0 saturated carbocycles. The summed E-state index contributed by atoms with van der Waals surface area (Å²) in [7, 11) is 0. The number of amides is 1. The van der Waals surface area contributed by atoms with Crippen LogP contribution in [0.3, 0.4) is 0 Å². The molecule has 1 aliphatic heterocycles. The summed E-state index contributed by atoms with van der Waals surface area (Å²) in [5.41, 5.74) is 0.421. The Morgan fingerprint density at radius 1 is 1.35 bits per heavy atom. The van der Waals surface area contributed by atoms with E-state index in [9.17, 15) is 9.18 Å². The Bertz CT molecular complexity index is 686. The van der Waals surface area contributed by atoms with Crippen LogP contribution < -0.4 is 0 Å². The molecule has 1 aromatic heterocycles. The van der Waals surface area contributed by atoms with E-state index in [1.807, 2.05) is 0 Å². The van der Waals surface area contributed by atoms with E-state index in [-0.39, 0.29) is 24.2 Å². The first kappa shape index (κ1) is 15.6. The molecule has 3 rings (SSSR count). The summed E-state index contributed by atoms with van der Waals surface area (Å²) < 4.78 is 18.9. The maximum atomic E-state index is 13.8. The maximum absolute atomic E-state index is 13.8. The third-order valence-corrected chi connectivity index (χ3v) is 4.21. The molecule has 5 nitrogen and oxygen atoms in total. The highest BCUT2D eigenvalue weighted by molar-refractivity contribution is 5.79. The molecule has 0 spiro atoms. The van der Waals surface area contributed by atoms with Crippen LogP contribution >= 0.6 is 0 Å². The summed E-state index contributed by atoms with van der Waals surface area (Å²) in [6.07, 6.45) is 3.89. The van der Waals surface area contributed by atoms with Crippen molar-refractivity contribution in [3.05, 3.63) is 47.4 Å². The van der Waals surface area contributed by atoms with Gasteiger partial charge in [-0.05, 0) is 24.5 Å². The molecule has 1 saturated heterocycles. The molecule has 1 aromatic carbocycles. The van der Waals surface area contributed by atoms with Gasteiger partial charge in [-0.2, -0.15) is 4.98 Å². The minimum absolute atomic E-state index is 0.0556. The quantitative estimate of drug-likeness (QED) is 0.872. The Hall–Kier alpha value is -2.24. The van der Waals surface area contributed by atoms with Gasteiger partial charge >= 0.3 is 0 Å². The normalized spacial score (nSPS) is 18.7.